The molecule has 2 aliphatic heterocycles. The number of nitrogens with two attached hydrogens (primary N) is 2. The maximum atomic E-state index is 5.87. The van der Waals surface area contributed by atoms with Crippen LogP contribution in [0.3, 0.4) is 0 Å². The molecule has 0 amide bonds. The van der Waals surface area contributed by atoms with Crippen molar-refractivity contribution in [2.45, 2.75) is 25.6 Å². The van der Waals surface area contributed by atoms with Gasteiger partial charge >= 0.3 is 0 Å². The third-order valence-corrected chi connectivity index (χ3v) is 2.76. The van der Waals surface area contributed by atoms with Crippen molar-refractivity contribution in [3.8, 4) is 0 Å². The number of hydrogen-bond acceptors (Lipinski definition) is 4. The second-order valence-corrected chi connectivity index (χ2v) is 4.08. The zero-order chi connectivity index (χ0) is 9.47. The third kappa shape index (κ3) is 1.70. The van der Waals surface area contributed by atoms with Crippen LogP contribution in [0, 0.1) is 5.92 Å². The fourth-order valence-corrected chi connectivity index (χ4v) is 2.15. The van der Waals surface area contributed by atoms with Gasteiger partial charge in [-0.1, -0.05) is 6.92 Å². The minimum Gasteiger partial charge on any atom is -0.377 e. The van der Waals surface area contributed by atoms with Crippen molar-refractivity contribution in [1.29, 1.82) is 0 Å². The molecule has 4 nitrogen and oxygen atoms in total. The minimum atomic E-state index is -0.727. The molecule has 13 heavy (non-hydrogen) atoms. The van der Waals surface area contributed by atoms with E-state index in [1.807, 2.05) is 0 Å². The van der Waals surface area contributed by atoms with Crippen LogP contribution in [0.5, 0.6) is 0 Å². The quantitative estimate of drug-likeness (QED) is 0.457. The molecule has 0 aromatic carbocycles. The van der Waals surface area contributed by atoms with E-state index >= 15 is 0 Å². The Hall–Kier alpha value is -0.580. The Balaban J connectivity index is 2.25. The lowest BCUT2D eigenvalue weighted by atomic mass is 9.87. The summed E-state index contributed by atoms with van der Waals surface area (Å²) in [5, 5.41) is 3.18. The summed E-state index contributed by atoms with van der Waals surface area (Å²) in [6.07, 6.45) is 1.69. The lowest BCUT2D eigenvalue weighted by Crippen LogP contribution is -2.64. The van der Waals surface area contributed by atoms with Gasteiger partial charge in [0.15, 0.2) is 0 Å². The van der Waals surface area contributed by atoms with Gasteiger partial charge < -0.3 is 10.1 Å². The number of rotatable bonds is 0. The first-order valence-corrected chi connectivity index (χ1v) is 4.74. The molecule has 0 bridgehead atoms. The summed E-state index contributed by atoms with van der Waals surface area (Å²) in [7, 11) is 0. The van der Waals surface area contributed by atoms with E-state index in [0.717, 1.165) is 26.1 Å². The van der Waals surface area contributed by atoms with Crippen LogP contribution in [0.2, 0.25) is 0 Å². The maximum Gasteiger partial charge on any atom is 0.138 e. The van der Waals surface area contributed by atoms with Gasteiger partial charge in [0.05, 0.1) is 13.2 Å². The van der Waals surface area contributed by atoms with E-state index < -0.39 is 5.79 Å². The monoisotopic (exact) mass is 183 g/mol. The van der Waals surface area contributed by atoms with Gasteiger partial charge in [-0.05, 0) is 11.5 Å². The summed E-state index contributed by atoms with van der Waals surface area (Å²) in [5.41, 5.74) is 14.3. The Morgan fingerprint density at radius 1 is 1.54 bits per heavy atom. The van der Waals surface area contributed by atoms with Gasteiger partial charge in [0, 0.05) is 18.5 Å². The maximum absolute atomic E-state index is 5.87. The Morgan fingerprint density at radius 2 is 2.31 bits per heavy atom. The van der Waals surface area contributed by atoms with Crippen LogP contribution >= 0.6 is 0 Å². The first kappa shape index (κ1) is 8.99. The largest absolute Gasteiger partial charge is 0.377 e. The smallest absolute Gasteiger partial charge is 0.138 e. The first-order chi connectivity index (χ1) is 6.08. The van der Waals surface area contributed by atoms with Crippen LogP contribution in [0.4, 0.5) is 0 Å². The standard InChI is InChI=1S/C9H17N3O/c1-6-4-9(10,11)12-8-2-3-13-5-7(6)8/h6,12H,2-5,10-11H2,1H3. The van der Waals surface area contributed by atoms with E-state index in [2.05, 4.69) is 12.2 Å². The molecule has 0 saturated heterocycles. The normalized spacial score (nSPS) is 32.4. The van der Waals surface area contributed by atoms with Crippen LogP contribution in [-0.2, 0) is 4.74 Å². The minimum absolute atomic E-state index is 0.437. The SMILES string of the molecule is CC1CC(N)(N)NC2=C1COCC2. The van der Waals surface area contributed by atoms with E-state index in [4.69, 9.17) is 16.2 Å². The number of ether oxygens (including phenoxy) is 1. The molecule has 4 heteroatoms. The average molecular weight is 183 g/mol. The lowest BCUT2D eigenvalue weighted by molar-refractivity contribution is 0.119. The van der Waals surface area contributed by atoms with Crippen molar-refractivity contribution in [3.05, 3.63) is 11.3 Å². The van der Waals surface area contributed by atoms with Gasteiger partial charge in [-0.2, -0.15) is 0 Å². The highest BCUT2D eigenvalue weighted by Gasteiger charge is 2.33. The molecule has 0 fully saturated rings. The molecule has 0 aromatic heterocycles. The summed E-state index contributed by atoms with van der Waals surface area (Å²) >= 11 is 0. The second-order valence-electron chi connectivity index (χ2n) is 4.08. The molecule has 1 unspecified atom stereocenters. The topological polar surface area (TPSA) is 73.3 Å². The predicted octanol–water partition coefficient (Wildman–Crippen LogP) is -0.139. The molecule has 0 spiro atoms. The summed E-state index contributed by atoms with van der Waals surface area (Å²) in [5.74, 6) is -0.290. The van der Waals surface area contributed by atoms with Crippen LogP contribution in [0.25, 0.3) is 0 Å². The van der Waals surface area contributed by atoms with Crippen LogP contribution in [-0.4, -0.2) is 19.0 Å². The Bertz CT molecular complexity index is 247. The Morgan fingerprint density at radius 3 is 3.08 bits per heavy atom. The van der Waals surface area contributed by atoms with E-state index in [9.17, 15) is 0 Å². The Labute approximate surface area is 78.3 Å². The lowest BCUT2D eigenvalue weighted by Gasteiger charge is -2.40. The molecular formula is C9H17N3O. The molecule has 2 rings (SSSR count). The molecule has 2 aliphatic rings. The molecule has 1 atom stereocenters. The Kier molecular flexibility index (Phi) is 2.06. The number of nitrogens with one attached hydrogen (secondary N) is 1. The summed E-state index contributed by atoms with van der Waals surface area (Å²) in [6, 6.07) is 0. The molecular weight excluding hydrogens is 166 g/mol. The van der Waals surface area contributed by atoms with Crippen molar-refractivity contribution in [1.82, 2.24) is 5.32 Å². The fourth-order valence-electron chi connectivity index (χ4n) is 2.15. The van der Waals surface area contributed by atoms with Gasteiger partial charge in [0.2, 0.25) is 0 Å². The molecule has 0 aliphatic carbocycles. The molecule has 5 N–H and O–H groups in total. The molecule has 0 aromatic rings. The summed E-state index contributed by atoms with van der Waals surface area (Å²) in [6.45, 7) is 3.66. The summed E-state index contributed by atoms with van der Waals surface area (Å²) in [4.78, 5) is 0. The van der Waals surface area contributed by atoms with E-state index in [1.54, 1.807) is 0 Å². The predicted molar refractivity (Wildman–Crippen MR) is 50.5 cm³/mol. The van der Waals surface area contributed by atoms with Gasteiger partial charge in [-0.25, -0.2) is 0 Å². The molecule has 74 valence electrons. The highest BCUT2D eigenvalue weighted by molar-refractivity contribution is 5.23. The zero-order valence-electron chi connectivity index (χ0n) is 7.97. The molecule has 2 heterocycles. The highest BCUT2D eigenvalue weighted by atomic mass is 16.5. The highest BCUT2D eigenvalue weighted by Crippen LogP contribution is 2.29. The van der Waals surface area contributed by atoms with Crippen molar-refractivity contribution in [3.63, 3.8) is 0 Å². The third-order valence-electron chi connectivity index (χ3n) is 2.76. The fraction of sp³-hybridized carbons (Fsp3) is 0.778. The van der Waals surface area contributed by atoms with Crippen molar-refractivity contribution in [2.24, 2.45) is 17.4 Å². The zero-order valence-corrected chi connectivity index (χ0v) is 7.97. The first-order valence-electron chi connectivity index (χ1n) is 4.74. The van der Waals surface area contributed by atoms with Crippen molar-refractivity contribution >= 4 is 0 Å². The second kappa shape index (κ2) is 2.97. The van der Waals surface area contributed by atoms with E-state index in [-0.39, 0.29) is 0 Å². The number of hydrogen-bond donors (Lipinski definition) is 3. The average Bonchev–Trinajstić information content (AvgIpc) is 2.02. The van der Waals surface area contributed by atoms with Gasteiger partial charge in [0.25, 0.3) is 0 Å². The van der Waals surface area contributed by atoms with Crippen molar-refractivity contribution < 1.29 is 4.74 Å². The van der Waals surface area contributed by atoms with E-state index in [0.29, 0.717) is 5.92 Å². The van der Waals surface area contributed by atoms with Gasteiger partial charge in [-0.15, -0.1) is 0 Å². The van der Waals surface area contributed by atoms with Gasteiger partial charge in [0.1, 0.15) is 5.79 Å². The van der Waals surface area contributed by atoms with Crippen LogP contribution in [0.1, 0.15) is 19.8 Å². The molecule has 0 saturated carbocycles. The van der Waals surface area contributed by atoms with Crippen LogP contribution in [0.15, 0.2) is 11.3 Å². The van der Waals surface area contributed by atoms with E-state index in [1.165, 1.54) is 11.3 Å². The van der Waals surface area contributed by atoms with Gasteiger partial charge in [-0.3, -0.25) is 11.5 Å². The summed E-state index contributed by atoms with van der Waals surface area (Å²) < 4.78 is 5.40. The molecule has 0 radical (unpaired) electrons. The van der Waals surface area contributed by atoms with Crippen molar-refractivity contribution in [2.75, 3.05) is 13.2 Å². The van der Waals surface area contributed by atoms with Crippen LogP contribution < -0.4 is 16.8 Å².